The molecule has 2 aliphatic carbocycles. The minimum absolute atomic E-state index is 0.0114. The maximum atomic E-state index is 15.2. The van der Waals surface area contributed by atoms with Gasteiger partial charge < -0.3 is 18.9 Å². The molecule has 1 saturated heterocycles. The first-order valence-electron chi connectivity index (χ1n) is 16.6. The minimum atomic E-state index is -3.58. The molecule has 4 nitrogen and oxygen atoms in total. The third kappa shape index (κ3) is 8.68. The van der Waals surface area contributed by atoms with Crippen molar-refractivity contribution in [2.45, 2.75) is 103 Å². The van der Waals surface area contributed by atoms with Crippen LogP contribution in [0.1, 0.15) is 84.0 Å². The standard InChI is InChI=1S/C35H43F7O4/c1-2-3-4-5-21-6-8-22(9-7-21)25-19-43-33(44-20-25)23-10-12-26(13-11-23)35(41,42)46-27-14-15-28(29(36)18-27)24-16-30(37)32(31(38)17-24)45-34(39)40/h14-18,21-23,25-26,33-34H,2-13,19-20H2,1H3. The maximum absolute atomic E-state index is 15.2. The van der Waals surface area contributed by atoms with E-state index in [0.717, 1.165) is 18.1 Å². The van der Waals surface area contributed by atoms with Gasteiger partial charge in [-0.2, -0.15) is 17.6 Å². The summed E-state index contributed by atoms with van der Waals surface area (Å²) in [6.07, 6.45) is 7.55. The Morgan fingerprint density at radius 3 is 2.00 bits per heavy atom. The molecule has 2 aromatic carbocycles. The summed E-state index contributed by atoms with van der Waals surface area (Å²) in [7, 11) is 0. The van der Waals surface area contributed by atoms with E-state index in [2.05, 4.69) is 11.7 Å². The number of unbranched alkanes of at least 4 members (excludes halogenated alkanes) is 2. The highest BCUT2D eigenvalue weighted by Gasteiger charge is 2.46. The SMILES string of the molecule is CCCCCC1CCC(C2COC(C3CCC(C(F)(F)Oc4ccc(-c5cc(F)c(OC(F)F)c(F)c5)c(F)c4)CC3)OC2)CC1. The van der Waals surface area contributed by atoms with Crippen molar-refractivity contribution in [2.24, 2.45) is 29.6 Å². The quantitative estimate of drug-likeness (QED) is 0.168. The predicted molar refractivity (Wildman–Crippen MR) is 158 cm³/mol. The smallest absolute Gasteiger partial charge is 0.400 e. The number of halogens is 7. The lowest BCUT2D eigenvalue weighted by Gasteiger charge is -2.41. The Balaban J connectivity index is 1.08. The van der Waals surface area contributed by atoms with Crippen LogP contribution in [-0.4, -0.2) is 32.2 Å². The lowest BCUT2D eigenvalue weighted by molar-refractivity contribution is -0.251. The molecule has 2 saturated carbocycles. The molecule has 5 rings (SSSR count). The number of hydrogen-bond donors (Lipinski definition) is 0. The lowest BCUT2D eigenvalue weighted by Crippen LogP contribution is -2.43. The molecule has 0 atom stereocenters. The van der Waals surface area contributed by atoms with Gasteiger partial charge in [0.1, 0.15) is 11.6 Å². The third-order valence-corrected chi connectivity index (χ3v) is 10.1. The Kier molecular flexibility index (Phi) is 11.8. The van der Waals surface area contributed by atoms with Crippen molar-refractivity contribution in [1.82, 2.24) is 0 Å². The van der Waals surface area contributed by atoms with E-state index in [1.807, 2.05) is 0 Å². The van der Waals surface area contributed by atoms with E-state index >= 15 is 8.78 Å². The van der Waals surface area contributed by atoms with Crippen molar-refractivity contribution in [3.8, 4) is 22.6 Å². The fourth-order valence-corrected chi connectivity index (χ4v) is 7.39. The summed E-state index contributed by atoms with van der Waals surface area (Å²) in [6.45, 7) is 0.0607. The van der Waals surface area contributed by atoms with Crippen molar-refractivity contribution in [2.75, 3.05) is 13.2 Å². The highest BCUT2D eigenvalue weighted by Crippen LogP contribution is 2.44. The molecule has 0 unspecified atom stereocenters. The second kappa shape index (κ2) is 15.6. The summed E-state index contributed by atoms with van der Waals surface area (Å²) in [6, 6.07) is 4.04. The van der Waals surface area contributed by atoms with Gasteiger partial charge in [0.05, 0.1) is 19.1 Å². The van der Waals surface area contributed by atoms with E-state index in [-0.39, 0.29) is 29.9 Å². The number of rotatable bonds is 12. The molecule has 1 heterocycles. The van der Waals surface area contributed by atoms with Crippen LogP contribution in [0.4, 0.5) is 30.7 Å². The Morgan fingerprint density at radius 1 is 0.783 bits per heavy atom. The normalized spacial score (nSPS) is 27.5. The molecule has 2 aromatic rings. The number of benzene rings is 2. The summed E-state index contributed by atoms with van der Waals surface area (Å²) < 4.78 is 119. The zero-order chi connectivity index (χ0) is 32.8. The summed E-state index contributed by atoms with van der Waals surface area (Å²) in [5, 5.41) is 0. The molecule has 0 radical (unpaired) electrons. The lowest BCUT2D eigenvalue weighted by atomic mass is 9.74. The zero-order valence-electron chi connectivity index (χ0n) is 26.1. The van der Waals surface area contributed by atoms with Crippen molar-refractivity contribution < 1.29 is 49.7 Å². The molecule has 1 aliphatic heterocycles. The Morgan fingerprint density at radius 2 is 1.41 bits per heavy atom. The van der Waals surface area contributed by atoms with E-state index in [0.29, 0.717) is 56.1 Å². The first-order chi connectivity index (χ1) is 22.0. The largest absolute Gasteiger partial charge is 0.432 e. The molecular formula is C35H43F7O4. The molecular weight excluding hydrogens is 617 g/mol. The predicted octanol–water partition coefficient (Wildman–Crippen LogP) is 10.5. The van der Waals surface area contributed by atoms with E-state index in [1.165, 1.54) is 51.4 Å². The number of ether oxygens (including phenoxy) is 4. The van der Waals surface area contributed by atoms with Crippen LogP contribution in [0.25, 0.3) is 11.1 Å². The van der Waals surface area contributed by atoms with Gasteiger partial charge in [-0.05, 0) is 80.2 Å². The third-order valence-electron chi connectivity index (χ3n) is 10.1. The molecule has 11 heteroatoms. The van der Waals surface area contributed by atoms with Crippen LogP contribution in [0, 0.1) is 47.0 Å². The summed E-state index contributed by atoms with van der Waals surface area (Å²) in [5.41, 5.74) is -0.656. The van der Waals surface area contributed by atoms with Crippen LogP contribution < -0.4 is 9.47 Å². The van der Waals surface area contributed by atoms with Gasteiger partial charge in [-0.15, -0.1) is 0 Å². The average molecular weight is 661 g/mol. The van der Waals surface area contributed by atoms with Gasteiger partial charge in [-0.3, -0.25) is 0 Å². The van der Waals surface area contributed by atoms with Gasteiger partial charge in [-0.1, -0.05) is 45.4 Å². The van der Waals surface area contributed by atoms with E-state index in [9.17, 15) is 22.0 Å². The van der Waals surface area contributed by atoms with Crippen molar-refractivity contribution in [3.05, 3.63) is 47.8 Å². The van der Waals surface area contributed by atoms with Crippen molar-refractivity contribution in [3.63, 3.8) is 0 Å². The summed E-state index contributed by atoms with van der Waals surface area (Å²) >= 11 is 0. The van der Waals surface area contributed by atoms with E-state index in [4.69, 9.17) is 14.2 Å². The summed E-state index contributed by atoms with van der Waals surface area (Å²) in [5.74, 6) is -5.00. The molecule has 0 aromatic heterocycles. The number of alkyl halides is 4. The maximum Gasteiger partial charge on any atom is 0.400 e. The Hall–Kier alpha value is -2.53. The first-order valence-corrected chi connectivity index (χ1v) is 16.6. The van der Waals surface area contributed by atoms with Gasteiger partial charge in [-0.25, -0.2) is 13.2 Å². The van der Waals surface area contributed by atoms with Crippen molar-refractivity contribution >= 4 is 0 Å². The molecule has 3 aliphatic rings. The first kappa shape index (κ1) is 34.8. The fraction of sp³-hybridized carbons (Fsp3) is 0.657. The van der Waals surface area contributed by atoms with Crippen LogP contribution in [0.3, 0.4) is 0 Å². The van der Waals surface area contributed by atoms with Crippen LogP contribution in [0.5, 0.6) is 11.5 Å². The van der Waals surface area contributed by atoms with Crippen LogP contribution >= 0.6 is 0 Å². The molecule has 0 N–H and O–H groups in total. The topological polar surface area (TPSA) is 36.9 Å². The number of hydrogen-bond acceptors (Lipinski definition) is 4. The fourth-order valence-electron chi connectivity index (χ4n) is 7.39. The monoisotopic (exact) mass is 660 g/mol. The molecule has 46 heavy (non-hydrogen) atoms. The Bertz CT molecular complexity index is 1240. The molecule has 256 valence electrons. The summed E-state index contributed by atoms with van der Waals surface area (Å²) in [4.78, 5) is 0. The van der Waals surface area contributed by atoms with Gasteiger partial charge in [0.15, 0.2) is 23.7 Å². The van der Waals surface area contributed by atoms with E-state index < -0.39 is 53.9 Å². The van der Waals surface area contributed by atoms with Crippen LogP contribution in [0.2, 0.25) is 0 Å². The van der Waals surface area contributed by atoms with Gasteiger partial charge >= 0.3 is 12.7 Å². The second-order valence-corrected chi connectivity index (χ2v) is 13.1. The molecule has 0 spiro atoms. The van der Waals surface area contributed by atoms with Gasteiger partial charge in [0, 0.05) is 23.5 Å². The highest BCUT2D eigenvalue weighted by molar-refractivity contribution is 5.66. The molecule has 0 bridgehead atoms. The molecule has 0 amide bonds. The van der Waals surface area contributed by atoms with E-state index in [1.54, 1.807) is 0 Å². The van der Waals surface area contributed by atoms with Gasteiger partial charge in [0.2, 0.25) is 0 Å². The van der Waals surface area contributed by atoms with Crippen LogP contribution in [-0.2, 0) is 9.47 Å². The zero-order valence-corrected chi connectivity index (χ0v) is 26.1. The van der Waals surface area contributed by atoms with Crippen LogP contribution in [0.15, 0.2) is 30.3 Å². The molecule has 3 fully saturated rings. The Labute approximate surface area is 265 Å². The minimum Gasteiger partial charge on any atom is -0.432 e. The average Bonchev–Trinajstić information content (AvgIpc) is 3.03. The second-order valence-electron chi connectivity index (χ2n) is 13.1. The van der Waals surface area contributed by atoms with Gasteiger partial charge in [0.25, 0.3) is 0 Å². The highest BCUT2D eigenvalue weighted by atomic mass is 19.3. The van der Waals surface area contributed by atoms with Crippen molar-refractivity contribution in [1.29, 1.82) is 0 Å².